The van der Waals surface area contributed by atoms with Gasteiger partial charge in [0.1, 0.15) is 0 Å². The van der Waals surface area contributed by atoms with Crippen LogP contribution in [0.2, 0.25) is 5.02 Å². The van der Waals surface area contributed by atoms with Crippen molar-refractivity contribution in [1.29, 1.82) is 0 Å². The maximum Gasteiger partial charge on any atom is 0.335 e. The molecule has 0 amide bonds. The Morgan fingerprint density at radius 3 is 2.25 bits per heavy atom. The van der Waals surface area contributed by atoms with Gasteiger partial charge in [-0.25, -0.2) is 4.79 Å². The SMILES string of the molecule is CC(CN1CCN(CC=Cc2ccc(Cl)cc2)CC1)c1ccc(C(=O)O)cc1. The van der Waals surface area contributed by atoms with E-state index in [0.717, 1.165) is 44.3 Å². The summed E-state index contributed by atoms with van der Waals surface area (Å²) in [5.41, 5.74) is 2.71. The van der Waals surface area contributed by atoms with E-state index < -0.39 is 5.97 Å². The normalized spacial score (nSPS) is 17.1. The number of benzene rings is 2. The largest absolute Gasteiger partial charge is 0.478 e. The average molecular weight is 399 g/mol. The third kappa shape index (κ3) is 5.93. The molecule has 0 radical (unpaired) electrons. The molecule has 0 bridgehead atoms. The van der Waals surface area contributed by atoms with Crippen LogP contribution in [0.25, 0.3) is 6.08 Å². The van der Waals surface area contributed by atoms with Gasteiger partial charge in [0.25, 0.3) is 0 Å². The van der Waals surface area contributed by atoms with Crippen molar-refractivity contribution in [2.24, 2.45) is 0 Å². The second kappa shape index (κ2) is 9.87. The third-order valence-corrected chi connectivity index (χ3v) is 5.52. The minimum atomic E-state index is -0.875. The minimum absolute atomic E-state index is 0.344. The first-order valence-corrected chi connectivity index (χ1v) is 10.1. The highest BCUT2D eigenvalue weighted by molar-refractivity contribution is 6.30. The van der Waals surface area contributed by atoms with Crippen molar-refractivity contribution in [3.63, 3.8) is 0 Å². The summed E-state index contributed by atoms with van der Waals surface area (Å²) in [6.07, 6.45) is 4.36. The van der Waals surface area contributed by atoms with Crippen LogP contribution >= 0.6 is 11.6 Å². The predicted molar refractivity (Wildman–Crippen MR) is 115 cm³/mol. The number of carbonyl (C=O) groups is 1. The molecule has 148 valence electrons. The Morgan fingerprint density at radius 1 is 1.04 bits per heavy atom. The first-order chi connectivity index (χ1) is 13.5. The highest BCUT2D eigenvalue weighted by atomic mass is 35.5. The van der Waals surface area contributed by atoms with Crippen molar-refractivity contribution in [2.75, 3.05) is 39.3 Å². The fourth-order valence-electron chi connectivity index (χ4n) is 3.51. The predicted octanol–water partition coefficient (Wildman–Crippen LogP) is 4.47. The molecule has 0 spiro atoms. The molecular weight excluding hydrogens is 372 g/mol. The summed E-state index contributed by atoms with van der Waals surface area (Å²) in [7, 11) is 0. The zero-order valence-corrected chi connectivity index (χ0v) is 17.0. The van der Waals surface area contributed by atoms with E-state index in [1.165, 1.54) is 11.1 Å². The molecule has 3 rings (SSSR count). The van der Waals surface area contributed by atoms with Crippen molar-refractivity contribution >= 4 is 23.6 Å². The molecule has 1 saturated heterocycles. The maximum atomic E-state index is 11.0. The first-order valence-electron chi connectivity index (χ1n) is 9.71. The molecule has 0 aliphatic carbocycles. The summed E-state index contributed by atoms with van der Waals surface area (Å²) in [4.78, 5) is 15.9. The zero-order valence-electron chi connectivity index (χ0n) is 16.2. The monoisotopic (exact) mass is 398 g/mol. The van der Waals surface area contributed by atoms with E-state index in [4.69, 9.17) is 16.7 Å². The summed E-state index contributed by atoms with van der Waals surface area (Å²) < 4.78 is 0. The van der Waals surface area contributed by atoms with E-state index >= 15 is 0 Å². The maximum absolute atomic E-state index is 11.0. The summed E-state index contributed by atoms with van der Waals surface area (Å²) in [6, 6.07) is 15.1. The summed E-state index contributed by atoms with van der Waals surface area (Å²) in [5, 5.41) is 9.78. The summed E-state index contributed by atoms with van der Waals surface area (Å²) in [5.74, 6) is -0.486. The van der Waals surface area contributed by atoms with E-state index in [9.17, 15) is 4.79 Å². The molecule has 1 aliphatic rings. The second-order valence-corrected chi connectivity index (χ2v) is 7.82. The molecule has 28 heavy (non-hydrogen) atoms. The molecule has 1 N–H and O–H groups in total. The molecule has 1 aliphatic heterocycles. The van der Waals surface area contributed by atoms with Gasteiger partial charge in [0.05, 0.1) is 5.56 Å². The van der Waals surface area contributed by atoms with Gasteiger partial charge in [0.2, 0.25) is 0 Å². The van der Waals surface area contributed by atoms with Gasteiger partial charge in [0, 0.05) is 44.3 Å². The van der Waals surface area contributed by atoms with Crippen molar-refractivity contribution in [1.82, 2.24) is 9.80 Å². The molecule has 2 aromatic rings. The Kier molecular flexibility index (Phi) is 7.26. The number of carboxylic acid groups (broad SMARTS) is 1. The highest BCUT2D eigenvalue weighted by Crippen LogP contribution is 2.18. The summed E-state index contributed by atoms with van der Waals surface area (Å²) >= 11 is 5.91. The third-order valence-electron chi connectivity index (χ3n) is 5.27. The van der Waals surface area contributed by atoms with Crippen LogP contribution < -0.4 is 0 Å². The van der Waals surface area contributed by atoms with E-state index in [0.29, 0.717) is 11.5 Å². The van der Waals surface area contributed by atoms with Gasteiger partial charge in [-0.05, 0) is 41.3 Å². The molecule has 1 atom stereocenters. The average Bonchev–Trinajstić information content (AvgIpc) is 2.71. The van der Waals surface area contributed by atoms with E-state index in [1.807, 2.05) is 36.4 Å². The molecule has 4 nitrogen and oxygen atoms in total. The standard InChI is InChI=1S/C23H27ClN2O2/c1-18(20-6-8-21(9-7-20)23(27)28)17-26-15-13-25(14-16-26)12-2-3-19-4-10-22(24)11-5-19/h2-11,18H,12-17H2,1H3,(H,27,28). The Balaban J connectivity index is 1.42. The van der Waals surface area contributed by atoms with Crippen LogP contribution in [0.5, 0.6) is 0 Å². The molecule has 1 unspecified atom stereocenters. The first kappa shape index (κ1) is 20.6. The molecule has 1 heterocycles. The van der Waals surface area contributed by atoms with Crippen LogP contribution in [-0.4, -0.2) is 60.1 Å². The number of carboxylic acids is 1. The van der Waals surface area contributed by atoms with Gasteiger partial charge in [-0.2, -0.15) is 0 Å². The van der Waals surface area contributed by atoms with E-state index in [1.54, 1.807) is 12.1 Å². The number of rotatable bonds is 7. The lowest BCUT2D eigenvalue weighted by Crippen LogP contribution is -2.47. The lowest BCUT2D eigenvalue weighted by atomic mass is 9.99. The van der Waals surface area contributed by atoms with Crippen LogP contribution in [0.1, 0.15) is 34.3 Å². The fourth-order valence-corrected chi connectivity index (χ4v) is 3.64. The summed E-state index contributed by atoms with van der Waals surface area (Å²) in [6.45, 7) is 8.42. The molecule has 0 aromatic heterocycles. The quantitative estimate of drug-likeness (QED) is 0.747. The number of hydrogen-bond acceptors (Lipinski definition) is 3. The van der Waals surface area contributed by atoms with Gasteiger partial charge in [-0.1, -0.05) is 54.9 Å². The van der Waals surface area contributed by atoms with Crippen molar-refractivity contribution < 1.29 is 9.90 Å². The lowest BCUT2D eigenvalue weighted by Gasteiger charge is -2.35. The fraction of sp³-hybridized carbons (Fsp3) is 0.348. The number of aromatic carboxylic acids is 1. The van der Waals surface area contributed by atoms with Crippen LogP contribution in [-0.2, 0) is 0 Å². The minimum Gasteiger partial charge on any atom is -0.478 e. The smallest absolute Gasteiger partial charge is 0.335 e. The Hall–Kier alpha value is -2.14. The second-order valence-electron chi connectivity index (χ2n) is 7.38. The molecule has 0 saturated carbocycles. The van der Waals surface area contributed by atoms with Gasteiger partial charge >= 0.3 is 5.97 Å². The van der Waals surface area contributed by atoms with Gasteiger partial charge in [0.15, 0.2) is 0 Å². The highest BCUT2D eigenvalue weighted by Gasteiger charge is 2.18. The van der Waals surface area contributed by atoms with Crippen LogP contribution in [0.3, 0.4) is 0 Å². The Morgan fingerprint density at radius 2 is 1.64 bits per heavy atom. The van der Waals surface area contributed by atoms with Crippen molar-refractivity contribution in [3.05, 3.63) is 76.3 Å². The lowest BCUT2D eigenvalue weighted by molar-refractivity contribution is 0.0697. The van der Waals surface area contributed by atoms with Crippen molar-refractivity contribution in [2.45, 2.75) is 12.8 Å². The van der Waals surface area contributed by atoms with Crippen molar-refractivity contribution in [3.8, 4) is 0 Å². The van der Waals surface area contributed by atoms with Gasteiger partial charge in [-0.15, -0.1) is 0 Å². The van der Waals surface area contributed by atoms with Gasteiger partial charge < -0.3 is 10.0 Å². The van der Waals surface area contributed by atoms with Crippen LogP contribution in [0, 0.1) is 0 Å². The van der Waals surface area contributed by atoms with Gasteiger partial charge in [-0.3, -0.25) is 4.90 Å². The zero-order chi connectivity index (χ0) is 19.9. The molecular formula is C23H27ClN2O2. The molecule has 1 fully saturated rings. The number of piperazine rings is 1. The van der Waals surface area contributed by atoms with E-state index in [2.05, 4.69) is 28.9 Å². The number of halogens is 1. The topological polar surface area (TPSA) is 43.8 Å². The Bertz CT molecular complexity index is 794. The molecule has 2 aromatic carbocycles. The van der Waals surface area contributed by atoms with E-state index in [-0.39, 0.29) is 0 Å². The molecule has 5 heteroatoms. The van der Waals surface area contributed by atoms with Crippen LogP contribution in [0.15, 0.2) is 54.6 Å². The number of nitrogens with zero attached hydrogens (tertiary/aromatic N) is 2. The Labute approximate surface area is 172 Å². The van der Waals surface area contributed by atoms with Crippen LogP contribution in [0.4, 0.5) is 0 Å². The number of hydrogen-bond donors (Lipinski definition) is 1.